The lowest BCUT2D eigenvalue weighted by Gasteiger charge is -2.09. The Bertz CT molecular complexity index is 1180. The average molecular weight is 431 g/mol. The van der Waals surface area contributed by atoms with Crippen molar-refractivity contribution in [2.45, 2.75) is 0 Å². The summed E-state index contributed by atoms with van der Waals surface area (Å²) in [6.45, 7) is 0. The van der Waals surface area contributed by atoms with Gasteiger partial charge in [0.05, 0.1) is 23.0 Å². The van der Waals surface area contributed by atoms with E-state index in [4.69, 9.17) is 0 Å². The number of hydrazone groups is 1. The molecule has 1 amide bonds. The van der Waals surface area contributed by atoms with E-state index >= 15 is 0 Å². The Hall–Kier alpha value is -3.38. The number of para-hydroxylation sites is 1. The van der Waals surface area contributed by atoms with Gasteiger partial charge in [0.15, 0.2) is 0 Å². The molecule has 0 radical (unpaired) electrons. The fourth-order valence-corrected chi connectivity index (χ4v) is 3.22. The number of carbonyl (C=O) groups excluding carboxylic acids is 1. The topological polar surface area (TPSA) is 67.2 Å². The third-order valence-electron chi connectivity index (χ3n) is 4.21. The second kappa shape index (κ2) is 8.10. The standard InChI is InChI=1S/C22H15BrN4O/c23-19-7-3-1-5-16(19)14-25-27-22(28)18-13-21(15-9-11-24-12-10-15)26-20-8-4-2-6-17(18)20/h1-14H,(H,27,28)/b25-14+. The van der Waals surface area contributed by atoms with Gasteiger partial charge >= 0.3 is 0 Å². The van der Waals surface area contributed by atoms with Crippen molar-refractivity contribution in [2.75, 3.05) is 0 Å². The van der Waals surface area contributed by atoms with Crippen molar-refractivity contribution in [3.8, 4) is 11.3 Å². The van der Waals surface area contributed by atoms with Crippen molar-refractivity contribution < 1.29 is 4.79 Å². The average Bonchev–Trinajstić information content (AvgIpc) is 2.75. The minimum absolute atomic E-state index is 0.294. The summed E-state index contributed by atoms with van der Waals surface area (Å²) < 4.78 is 0.905. The van der Waals surface area contributed by atoms with Crippen LogP contribution < -0.4 is 5.43 Å². The van der Waals surface area contributed by atoms with Crippen LogP contribution in [-0.4, -0.2) is 22.1 Å². The third kappa shape index (κ3) is 3.82. The maximum absolute atomic E-state index is 12.8. The van der Waals surface area contributed by atoms with Crippen LogP contribution in [0.3, 0.4) is 0 Å². The summed E-state index contributed by atoms with van der Waals surface area (Å²) in [5.41, 5.74) is 6.36. The number of nitrogens with zero attached hydrogens (tertiary/aromatic N) is 3. The summed E-state index contributed by atoms with van der Waals surface area (Å²) in [4.78, 5) is 21.6. The molecule has 0 aliphatic carbocycles. The molecule has 0 spiro atoms. The smallest absolute Gasteiger partial charge is 0.267 e. The Kier molecular flexibility index (Phi) is 5.21. The summed E-state index contributed by atoms with van der Waals surface area (Å²) in [7, 11) is 0. The van der Waals surface area contributed by atoms with Crippen LogP contribution in [-0.2, 0) is 0 Å². The number of nitrogens with one attached hydrogen (secondary N) is 1. The number of hydrogen-bond acceptors (Lipinski definition) is 4. The monoisotopic (exact) mass is 430 g/mol. The number of benzene rings is 2. The van der Waals surface area contributed by atoms with E-state index in [9.17, 15) is 4.79 Å². The number of aromatic nitrogens is 2. The lowest BCUT2D eigenvalue weighted by molar-refractivity contribution is 0.0956. The molecule has 5 nitrogen and oxygen atoms in total. The molecular formula is C22H15BrN4O. The maximum Gasteiger partial charge on any atom is 0.272 e. The van der Waals surface area contributed by atoms with Crippen LogP contribution in [0.15, 0.2) is 88.7 Å². The molecule has 4 rings (SSSR count). The molecule has 0 atom stereocenters. The Labute approximate surface area is 170 Å². The Balaban J connectivity index is 1.69. The van der Waals surface area contributed by atoms with E-state index < -0.39 is 0 Å². The van der Waals surface area contributed by atoms with Crippen molar-refractivity contribution in [2.24, 2.45) is 5.10 Å². The van der Waals surface area contributed by atoms with Gasteiger partial charge in [0.2, 0.25) is 0 Å². The molecule has 0 aliphatic rings. The number of hydrogen-bond donors (Lipinski definition) is 1. The lowest BCUT2D eigenvalue weighted by Crippen LogP contribution is -2.18. The third-order valence-corrected chi connectivity index (χ3v) is 4.93. The molecule has 2 aromatic carbocycles. The van der Waals surface area contributed by atoms with Gasteiger partial charge in [-0.2, -0.15) is 5.10 Å². The number of pyridine rings is 2. The highest BCUT2D eigenvalue weighted by Gasteiger charge is 2.13. The molecule has 0 fully saturated rings. The summed E-state index contributed by atoms with van der Waals surface area (Å²) in [6, 6.07) is 20.7. The van der Waals surface area contributed by atoms with Gasteiger partial charge in [-0.3, -0.25) is 9.78 Å². The molecule has 0 saturated heterocycles. The Morgan fingerprint density at radius 1 is 1.00 bits per heavy atom. The Morgan fingerprint density at radius 3 is 2.57 bits per heavy atom. The lowest BCUT2D eigenvalue weighted by atomic mass is 10.0. The summed E-state index contributed by atoms with van der Waals surface area (Å²) in [5, 5.41) is 4.88. The number of halogens is 1. The van der Waals surface area contributed by atoms with E-state index in [1.807, 2.05) is 60.7 Å². The highest BCUT2D eigenvalue weighted by atomic mass is 79.9. The fourth-order valence-electron chi connectivity index (χ4n) is 2.83. The van der Waals surface area contributed by atoms with E-state index in [1.165, 1.54) is 0 Å². The van der Waals surface area contributed by atoms with Gasteiger partial charge in [0.1, 0.15) is 0 Å². The summed E-state index contributed by atoms with van der Waals surface area (Å²) >= 11 is 3.46. The number of fused-ring (bicyclic) bond motifs is 1. The predicted molar refractivity (Wildman–Crippen MR) is 114 cm³/mol. The van der Waals surface area contributed by atoms with Gasteiger partial charge in [-0.15, -0.1) is 0 Å². The van der Waals surface area contributed by atoms with E-state index in [2.05, 4.69) is 36.4 Å². The summed E-state index contributed by atoms with van der Waals surface area (Å²) in [5.74, 6) is -0.294. The van der Waals surface area contributed by atoms with Crippen molar-refractivity contribution in [3.63, 3.8) is 0 Å². The van der Waals surface area contributed by atoms with Crippen LogP contribution in [0.25, 0.3) is 22.2 Å². The maximum atomic E-state index is 12.8. The molecule has 0 bridgehead atoms. The normalized spacial score (nSPS) is 11.0. The van der Waals surface area contributed by atoms with E-state index in [0.29, 0.717) is 11.3 Å². The van der Waals surface area contributed by atoms with Crippen LogP contribution in [0.4, 0.5) is 0 Å². The zero-order chi connectivity index (χ0) is 19.3. The van der Waals surface area contributed by atoms with Crippen molar-refractivity contribution in [1.29, 1.82) is 0 Å². The van der Waals surface area contributed by atoms with Crippen LogP contribution in [0.2, 0.25) is 0 Å². The van der Waals surface area contributed by atoms with Gasteiger partial charge in [0.25, 0.3) is 5.91 Å². The molecule has 2 heterocycles. The predicted octanol–water partition coefficient (Wildman–Crippen LogP) is 4.82. The van der Waals surface area contributed by atoms with Crippen LogP contribution in [0, 0.1) is 0 Å². The highest BCUT2D eigenvalue weighted by Crippen LogP contribution is 2.24. The van der Waals surface area contributed by atoms with Crippen molar-refractivity contribution >= 4 is 39.0 Å². The SMILES string of the molecule is O=C(N/N=C/c1ccccc1Br)c1cc(-c2ccncc2)nc2ccccc12. The zero-order valence-electron chi connectivity index (χ0n) is 14.7. The zero-order valence-corrected chi connectivity index (χ0v) is 16.3. The molecule has 28 heavy (non-hydrogen) atoms. The fraction of sp³-hybridized carbons (Fsp3) is 0. The van der Waals surface area contributed by atoms with Crippen molar-refractivity contribution in [3.05, 3.63) is 94.7 Å². The molecule has 2 aromatic heterocycles. The van der Waals surface area contributed by atoms with Crippen molar-refractivity contribution in [1.82, 2.24) is 15.4 Å². The molecule has 0 aliphatic heterocycles. The van der Waals surface area contributed by atoms with Gasteiger partial charge in [-0.1, -0.05) is 52.3 Å². The van der Waals surface area contributed by atoms with E-state index in [-0.39, 0.29) is 5.91 Å². The van der Waals surface area contributed by atoms with Crippen LogP contribution in [0.1, 0.15) is 15.9 Å². The van der Waals surface area contributed by atoms with Gasteiger partial charge < -0.3 is 0 Å². The van der Waals surface area contributed by atoms with Crippen LogP contribution >= 0.6 is 15.9 Å². The van der Waals surface area contributed by atoms with E-state index in [0.717, 1.165) is 26.5 Å². The van der Waals surface area contributed by atoms with Gasteiger partial charge in [-0.05, 0) is 30.3 Å². The first-order chi connectivity index (χ1) is 13.7. The first-order valence-corrected chi connectivity index (χ1v) is 9.40. The molecule has 136 valence electrons. The molecule has 0 saturated carbocycles. The molecule has 1 N–H and O–H groups in total. The number of carbonyl (C=O) groups is 1. The minimum Gasteiger partial charge on any atom is -0.267 e. The first kappa shape index (κ1) is 18.0. The minimum atomic E-state index is -0.294. The van der Waals surface area contributed by atoms with Gasteiger partial charge in [-0.25, -0.2) is 10.4 Å². The second-order valence-corrected chi connectivity index (χ2v) is 6.88. The number of rotatable bonds is 4. The Morgan fingerprint density at radius 2 is 1.75 bits per heavy atom. The quantitative estimate of drug-likeness (QED) is 0.372. The van der Waals surface area contributed by atoms with Gasteiger partial charge in [0, 0.05) is 33.4 Å². The molecular weight excluding hydrogens is 416 g/mol. The first-order valence-electron chi connectivity index (χ1n) is 8.60. The number of amides is 1. The molecule has 6 heteroatoms. The largest absolute Gasteiger partial charge is 0.272 e. The molecule has 0 unspecified atom stereocenters. The second-order valence-electron chi connectivity index (χ2n) is 6.03. The van der Waals surface area contributed by atoms with E-state index in [1.54, 1.807) is 24.7 Å². The molecule has 4 aromatic rings. The highest BCUT2D eigenvalue weighted by molar-refractivity contribution is 9.10. The summed E-state index contributed by atoms with van der Waals surface area (Å²) in [6.07, 6.45) is 5.01. The van der Waals surface area contributed by atoms with Crippen LogP contribution in [0.5, 0.6) is 0 Å².